The van der Waals surface area contributed by atoms with Crippen LogP contribution in [0, 0.1) is 17.8 Å². The molecule has 3 aliphatic rings. The molecule has 0 amide bonds. The molecule has 3 heterocycles. The Morgan fingerprint density at radius 3 is 2.88 bits per heavy atom. The smallest absolute Gasteiger partial charge is 0.198 e. The van der Waals surface area contributed by atoms with E-state index in [-0.39, 0.29) is 0 Å². The predicted octanol–water partition coefficient (Wildman–Crippen LogP) is -1.48. The second-order valence-corrected chi connectivity index (χ2v) is 6.40. The van der Waals surface area contributed by atoms with Gasteiger partial charge in [-0.3, -0.25) is 0 Å². The number of hydrogen-bond donors (Lipinski definition) is 4. The lowest BCUT2D eigenvalue weighted by atomic mass is 10.1. The molecule has 1 aliphatic carbocycles. The Bertz CT molecular complexity index is 788. The number of aromatic nitrogens is 2. The second kappa shape index (κ2) is 6.24. The molecule has 0 bridgehead atoms. The Morgan fingerprint density at radius 2 is 2.16 bits per heavy atom. The largest absolute Gasteiger partial charge is 0.387 e. The highest BCUT2D eigenvalue weighted by atomic mass is 16.6. The van der Waals surface area contributed by atoms with E-state index in [0.717, 1.165) is 18.5 Å². The van der Waals surface area contributed by atoms with Gasteiger partial charge in [-0.25, -0.2) is 9.98 Å². The van der Waals surface area contributed by atoms with Gasteiger partial charge in [0.25, 0.3) is 0 Å². The van der Waals surface area contributed by atoms with Crippen LogP contribution in [0.15, 0.2) is 16.4 Å². The van der Waals surface area contributed by atoms with Gasteiger partial charge in [-0.1, -0.05) is 11.8 Å². The van der Waals surface area contributed by atoms with Crippen molar-refractivity contribution in [2.75, 3.05) is 0 Å². The van der Waals surface area contributed by atoms with E-state index >= 15 is 0 Å². The van der Waals surface area contributed by atoms with Gasteiger partial charge in [0, 0.05) is 18.6 Å². The van der Waals surface area contributed by atoms with Crippen molar-refractivity contribution in [2.24, 2.45) is 21.9 Å². The van der Waals surface area contributed by atoms with E-state index < -0.39 is 30.6 Å². The van der Waals surface area contributed by atoms with Crippen LogP contribution in [0.2, 0.25) is 0 Å². The van der Waals surface area contributed by atoms with Gasteiger partial charge in [0.1, 0.15) is 30.1 Å². The SMILES string of the molecule is N/N=C1/N=CCc2c1ncn2[C@@H]1O[C@H]([C@H](O)C#CC2CC2)[C@@H](O)[C@H]1O. The van der Waals surface area contributed by atoms with Crippen molar-refractivity contribution >= 4 is 12.1 Å². The van der Waals surface area contributed by atoms with Crippen LogP contribution in [0.25, 0.3) is 0 Å². The highest BCUT2D eigenvalue weighted by molar-refractivity contribution is 6.05. The molecule has 2 fully saturated rings. The zero-order chi connectivity index (χ0) is 17.6. The summed E-state index contributed by atoms with van der Waals surface area (Å²) in [7, 11) is 0. The van der Waals surface area contributed by atoms with Crippen LogP contribution < -0.4 is 5.84 Å². The summed E-state index contributed by atoms with van der Waals surface area (Å²) in [5.74, 6) is 11.6. The summed E-state index contributed by atoms with van der Waals surface area (Å²) in [5.41, 5.74) is 1.22. The summed E-state index contributed by atoms with van der Waals surface area (Å²) in [6.45, 7) is 0. The molecule has 9 heteroatoms. The number of nitrogens with zero attached hydrogens (tertiary/aromatic N) is 4. The average Bonchev–Trinajstić information content (AvgIpc) is 3.29. The first kappa shape index (κ1) is 16.2. The molecule has 0 aromatic carbocycles. The molecular formula is C16H19N5O4. The molecule has 4 rings (SSSR count). The quantitative estimate of drug-likeness (QED) is 0.293. The molecular weight excluding hydrogens is 326 g/mol. The molecule has 5 atom stereocenters. The van der Waals surface area contributed by atoms with E-state index in [9.17, 15) is 15.3 Å². The molecule has 1 aromatic rings. The number of amidine groups is 1. The molecule has 1 saturated carbocycles. The standard InChI is InChI=1S/C16H19N5O4/c17-20-15-11-9(5-6-18-15)21(7-19-11)16-13(24)12(23)14(25-16)10(22)4-3-8-1-2-8/h6-8,10,12-14,16,22-24H,1-2,5,17H2/b20-15+/t10-,12+,13-,14-,16-/m1/s1. The highest BCUT2D eigenvalue weighted by Crippen LogP contribution is 2.33. The fourth-order valence-electron chi connectivity index (χ4n) is 3.06. The van der Waals surface area contributed by atoms with Crippen molar-refractivity contribution in [3.8, 4) is 11.8 Å². The highest BCUT2D eigenvalue weighted by Gasteiger charge is 2.47. The van der Waals surface area contributed by atoms with E-state index in [1.165, 1.54) is 6.33 Å². The van der Waals surface area contributed by atoms with E-state index in [1.807, 2.05) is 0 Å². The van der Waals surface area contributed by atoms with Crippen molar-refractivity contribution < 1.29 is 20.1 Å². The van der Waals surface area contributed by atoms with Crippen molar-refractivity contribution in [3.63, 3.8) is 0 Å². The number of hydrazone groups is 1. The Balaban J connectivity index is 1.58. The number of aliphatic imine (C=N–C) groups is 1. The van der Waals surface area contributed by atoms with Gasteiger partial charge < -0.3 is 30.5 Å². The Labute approximate surface area is 143 Å². The maximum absolute atomic E-state index is 10.4. The summed E-state index contributed by atoms with van der Waals surface area (Å²) in [5, 5.41) is 34.4. The third kappa shape index (κ3) is 2.83. The van der Waals surface area contributed by atoms with Crippen LogP contribution in [-0.2, 0) is 11.2 Å². The number of nitrogens with two attached hydrogens (primary N) is 1. The minimum Gasteiger partial charge on any atom is -0.387 e. The van der Waals surface area contributed by atoms with Crippen LogP contribution in [-0.4, -0.2) is 61.3 Å². The van der Waals surface area contributed by atoms with Gasteiger partial charge in [-0.2, -0.15) is 5.10 Å². The van der Waals surface area contributed by atoms with Gasteiger partial charge in [0.2, 0.25) is 0 Å². The fraction of sp³-hybridized carbons (Fsp3) is 0.562. The van der Waals surface area contributed by atoms with Gasteiger partial charge in [0.15, 0.2) is 12.1 Å². The fourth-order valence-corrected chi connectivity index (χ4v) is 3.06. The summed E-state index contributed by atoms with van der Waals surface area (Å²) >= 11 is 0. The molecule has 9 nitrogen and oxygen atoms in total. The molecule has 132 valence electrons. The van der Waals surface area contributed by atoms with E-state index in [2.05, 4.69) is 26.9 Å². The minimum atomic E-state index is -1.26. The predicted molar refractivity (Wildman–Crippen MR) is 87.6 cm³/mol. The van der Waals surface area contributed by atoms with Gasteiger partial charge >= 0.3 is 0 Å². The number of hydrogen-bond acceptors (Lipinski definition) is 7. The molecule has 1 saturated heterocycles. The third-order valence-electron chi connectivity index (χ3n) is 4.60. The maximum Gasteiger partial charge on any atom is 0.198 e. The molecule has 1 aromatic heterocycles. The minimum absolute atomic E-state index is 0.292. The van der Waals surface area contributed by atoms with Crippen molar-refractivity contribution in [3.05, 3.63) is 17.7 Å². The van der Waals surface area contributed by atoms with Crippen molar-refractivity contribution in [2.45, 2.75) is 49.9 Å². The number of imidazole rings is 1. The lowest BCUT2D eigenvalue weighted by Gasteiger charge is -2.20. The lowest BCUT2D eigenvalue weighted by molar-refractivity contribution is -0.0694. The first-order valence-electron chi connectivity index (χ1n) is 8.17. The summed E-state index contributed by atoms with van der Waals surface area (Å²) < 4.78 is 7.35. The molecule has 0 unspecified atom stereocenters. The van der Waals surface area contributed by atoms with Gasteiger partial charge in [-0.05, 0) is 12.8 Å². The Hall–Kier alpha value is -2.25. The number of aliphatic hydroxyl groups is 3. The van der Waals surface area contributed by atoms with Crippen LogP contribution in [0.4, 0.5) is 0 Å². The van der Waals surface area contributed by atoms with Crippen molar-refractivity contribution in [1.82, 2.24) is 9.55 Å². The Morgan fingerprint density at radius 1 is 1.36 bits per heavy atom. The van der Waals surface area contributed by atoms with Crippen LogP contribution in [0.5, 0.6) is 0 Å². The molecule has 2 aliphatic heterocycles. The zero-order valence-corrected chi connectivity index (χ0v) is 13.4. The first-order chi connectivity index (χ1) is 12.1. The number of aliphatic hydroxyl groups excluding tert-OH is 3. The first-order valence-corrected chi connectivity index (χ1v) is 8.17. The molecule has 0 spiro atoms. The maximum atomic E-state index is 10.4. The zero-order valence-electron chi connectivity index (χ0n) is 13.4. The van der Waals surface area contributed by atoms with Crippen molar-refractivity contribution in [1.29, 1.82) is 0 Å². The van der Waals surface area contributed by atoms with Crippen LogP contribution >= 0.6 is 0 Å². The topological polar surface area (TPSA) is 138 Å². The van der Waals surface area contributed by atoms with Crippen LogP contribution in [0.3, 0.4) is 0 Å². The number of ether oxygens (including phenoxy) is 1. The molecule has 25 heavy (non-hydrogen) atoms. The van der Waals surface area contributed by atoms with E-state index in [0.29, 0.717) is 23.9 Å². The normalized spacial score (nSPS) is 33.8. The summed E-state index contributed by atoms with van der Waals surface area (Å²) in [6, 6.07) is 0. The van der Waals surface area contributed by atoms with Gasteiger partial charge in [0.05, 0.1) is 12.0 Å². The monoisotopic (exact) mass is 345 g/mol. The number of rotatable bonds is 2. The van der Waals surface area contributed by atoms with Crippen LogP contribution in [0.1, 0.15) is 30.5 Å². The third-order valence-corrected chi connectivity index (χ3v) is 4.60. The average molecular weight is 345 g/mol. The lowest BCUT2D eigenvalue weighted by Crippen LogP contribution is -2.38. The van der Waals surface area contributed by atoms with Gasteiger partial charge in [-0.15, -0.1) is 0 Å². The van der Waals surface area contributed by atoms with E-state index in [1.54, 1.807) is 10.8 Å². The number of fused-ring (bicyclic) bond motifs is 1. The van der Waals surface area contributed by atoms with E-state index in [4.69, 9.17) is 10.6 Å². The second-order valence-electron chi connectivity index (χ2n) is 6.40. The molecule has 5 N–H and O–H groups in total. The molecule has 0 radical (unpaired) electrons. The summed E-state index contributed by atoms with van der Waals surface area (Å²) in [6.07, 6.45) is 0.114. The Kier molecular flexibility index (Phi) is 4.05. The summed E-state index contributed by atoms with van der Waals surface area (Å²) in [4.78, 5) is 8.29.